The second kappa shape index (κ2) is 9.86. The van der Waals surface area contributed by atoms with E-state index in [1.807, 2.05) is 41.9 Å². The number of hydrogen-bond acceptors (Lipinski definition) is 5. The van der Waals surface area contributed by atoms with Gasteiger partial charge in [0.15, 0.2) is 0 Å². The quantitative estimate of drug-likeness (QED) is 0.599. The fourth-order valence-corrected chi connectivity index (χ4v) is 4.53. The van der Waals surface area contributed by atoms with E-state index in [1.165, 1.54) is 11.3 Å². The average molecular weight is 455 g/mol. The topological polar surface area (TPSA) is 94.7 Å². The highest BCUT2D eigenvalue weighted by Crippen LogP contribution is 2.20. The predicted octanol–water partition coefficient (Wildman–Crippen LogP) is 2.87. The summed E-state index contributed by atoms with van der Waals surface area (Å²) in [6, 6.07) is 10.7. The summed E-state index contributed by atoms with van der Waals surface area (Å²) in [4.78, 5) is 45.3. The third-order valence-electron chi connectivity index (χ3n) is 5.56. The highest BCUT2D eigenvalue weighted by molar-refractivity contribution is 7.12. The third-order valence-corrected chi connectivity index (χ3v) is 6.43. The number of nitrogens with one attached hydrogen (secondary N) is 2. The summed E-state index contributed by atoms with van der Waals surface area (Å²) < 4.78 is 5.05. The lowest BCUT2D eigenvalue weighted by Gasteiger charge is -2.36. The molecule has 3 aromatic rings. The lowest BCUT2D eigenvalue weighted by Crippen LogP contribution is -2.56. The number of amides is 3. The molecule has 1 saturated heterocycles. The molecule has 1 aliphatic rings. The molecular weight excluding hydrogens is 428 g/mol. The van der Waals surface area contributed by atoms with E-state index < -0.39 is 6.04 Å². The van der Waals surface area contributed by atoms with E-state index in [9.17, 15) is 14.4 Å². The molecule has 1 atom stereocenters. The fraction of sp³-hybridized carbons (Fsp3) is 0.348. The van der Waals surface area contributed by atoms with Crippen molar-refractivity contribution in [2.45, 2.75) is 19.4 Å². The van der Waals surface area contributed by atoms with Gasteiger partial charge in [0.1, 0.15) is 6.04 Å². The molecule has 1 aliphatic heterocycles. The Morgan fingerprint density at radius 3 is 2.56 bits per heavy atom. The van der Waals surface area contributed by atoms with E-state index >= 15 is 0 Å². The van der Waals surface area contributed by atoms with Crippen molar-refractivity contribution in [3.8, 4) is 0 Å². The predicted molar refractivity (Wildman–Crippen MR) is 123 cm³/mol. The smallest absolute Gasteiger partial charge is 0.409 e. The van der Waals surface area contributed by atoms with Gasteiger partial charge in [0.25, 0.3) is 5.91 Å². The van der Waals surface area contributed by atoms with Crippen LogP contribution >= 0.6 is 11.3 Å². The number of benzene rings is 1. The van der Waals surface area contributed by atoms with Gasteiger partial charge in [-0.15, -0.1) is 11.3 Å². The largest absolute Gasteiger partial charge is 0.450 e. The highest BCUT2D eigenvalue weighted by Gasteiger charge is 2.31. The van der Waals surface area contributed by atoms with Crippen LogP contribution in [0.15, 0.2) is 48.0 Å². The van der Waals surface area contributed by atoms with Gasteiger partial charge in [0.2, 0.25) is 5.91 Å². The molecule has 1 aromatic carbocycles. The molecule has 9 heteroatoms. The molecule has 0 spiro atoms. The van der Waals surface area contributed by atoms with Crippen molar-refractivity contribution in [3.63, 3.8) is 0 Å². The summed E-state index contributed by atoms with van der Waals surface area (Å²) >= 11 is 1.34. The van der Waals surface area contributed by atoms with E-state index in [0.717, 1.165) is 16.5 Å². The van der Waals surface area contributed by atoms with Crippen molar-refractivity contribution in [2.75, 3.05) is 32.8 Å². The first-order valence-corrected chi connectivity index (χ1v) is 11.5. The summed E-state index contributed by atoms with van der Waals surface area (Å²) in [5.74, 6) is -0.410. The third kappa shape index (κ3) is 4.77. The molecule has 0 aliphatic carbocycles. The minimum absolute atomic E-state index is 0.149. The molecule has 8 nitrogen and oxygen atoms in total. The van der Waals surface area contributed by atoms with Gasteiger partial charge in [0, 0.05) is 49.7 Å². The van der Waals surface area contributed by atoms with E-state index in [0.29, 0.717) is 44.1 Å². The number of ether oxygens (including phenoxy) is 1. The summed E-state index contributed by atoms with van der Waals surface area (Å²) in [5.41, 5.74) is 1.96. The molecule has 2 N–H and O–H groups in total. The SMILES string of the molecule is CCOC(=O)N1CCN(C(=O)[C@H](Cc2c[nH]c3ccccc23)NC(=O)c2cccs2)CC1. The molecule has 0 unspecified atom stereocenters. The van der Waals surface area contributed by atoms with Gasteiger partial charge >= 0.3 is 6.09 Å². The van der Waals surface area contributed by atoms with Gasteiger partial charge in [-0.25, -0.2) is 4.79 Å². The Kier molecular flexibility index (Phi) is 6.75. The minimum atomic E-state index is -0.710. The summed E-state index contributed by atoms with van der Waals surface area (Å²) in [6.45, 7) is 3.70. The Hall–Kier alpha value is -3.33. The Balaban J connectivity index is 1.50. The molecule has 32 heavy (non-hydrogen) atoms. The number of para-hydroxylation sites is 1. The number of carbonyl (C=O) groups excluding carboxylic acids is 3. The van der Waals surface area contributed by atoms with Crippen LogP contribution in [-0.2, 0) is 16.0 Å². The van der Waals surface area contributed by atoms with Crippen molar-refractivity contribution < 1.29 is 19.1 Å². The van der Waals surface area contributed by atoms with Crippen molar-refractivity contribution in [1.29, 1.82) is 0 Å². The zero-order chi connectivity index (χ0) is 22.5. The number of fused-ring (bicyclic) bond motifs is 1. The van der Waals surface area contributed by atoms with Crippen molar-refractivity contribution in [1.82, 2.24) is 20.1 Å². The summed E-state index contributed by atoms with van der Waals surface area (Å²) in [5, 5.41) is 5.80. The number of nitrogens with zero attached hydrogens (tertiary/aromatic N) is 2. The van der Waals surface area contributed by atoms with Crippen molar-refractivity contribution >= 4 is 40.1 Å². The maximum absolute atomic E-state index is 13.4. The van der Waals surface area contributed by atoms with Crippen LogP contribution in [0.3, 0.4) is 0 Å². The molecule has 3 amide bonds. The van der Waals surface area contributed by atoms with Crippen LogP contribution < -0.4 is 5.32 Å². The maximum Gasteiger partial charge on any atom is 0.409 e. The summed E-state index contributed by atoms with van der Waals surface area (Å²) in [7, 11) is 0. The monoisotopic (exact) mass is 454 g/mol. The van der Waals surface area contributed by atoms with Gasteiger partial charge < -0.3 is 24.8 Å². The average Bonchev–Trinajstić information content (AvgIpc) is 3.49. The first-order chi connectivity index (χ1) is 15.6. The molecular formula is C23H26N4O4S. The molecule has 168 valence electrons. The van der Waals surface area contributed by atoms with Crippen LogP contribution in [0, 0.1) is 0 Å². The van der Waals surface area contributed by atoms with E-state index in [1.54, 1.807) is 22.8 Å². The van der Waals surface area contributed by atoms with Crippen LogP contribution in [0.5, 0.6) is 0 Å². The number of piperazine rings is 1. The molecule has 4 rings (SSSR count). The number of hydrogen-bond donors (Lipinski definition) is 2. The Bertz CT molecular complexity index is 1090. The molecule has 3 heterocycles. The number of thiophene rings is 1. The van der Waals surface area contributed by atoms with Crippen molar-refractivity contribution in [3.05, 3.63) is 58.4 Å². The maximum atomic E-state index is 13.4. The molecule has 2 aromatic heterocycles. The Morgan fingerprint density at radius 2 is 1.84 bits per heavy atom. The number of rotatable bonds is 6. The van der Waals surface area contributed by atoms with E-state index in [-0.39, 0.29) is 17.9 Å². The number of aromatic nitrogens is 1. The van der Waals surface area contributed by atoms with Gasteiger partial charge in [-0.3, -0.25) is 9.59 Å². The van der Waals surface area contributed by atoms with Gasteiger partial charge in [-0.1, -0.05) is 24.3 Å². The first kappa shape index (κ1) is 21.9. The van der Waals surface area contributed by atoms with Crippen LogP contribution in [0.1, 0.15) is 22.2 Å². The van der Waals surface area contributed by atoms with Gasteiger partial charge in [-0.05, 0) is 30.0 Å². The number of H-pyrrole nitrogens is 1. The lowest BCUT2D eigenvalue weighted by atomic mass is 10.0. The molecule has 0 radical (unpaired) electrons. The van der Waals surface area contributed by atoms with E-state index in [4.69, 9.17) is 4.74 Å². The Morgan fingerprint density at radius 1 is 1.09 bits per heavy atom. The van der Waals surface area contributed by atoms with Gasteiger partial charge in [-0.2, -0.15) is 0 Å². The second-order valence-corrected chi connectivity index (χ2v) is 8.53. The van der Waals surface area contributed by atoms with Crippen molar-refractivity contribution in [2.24, 2.45) is 0 Å². The molecule has 0 saturated carbocycles. The highest BCUT2D eigenvalue weighted by atomic mass is 32.1. The normalized spacial score (nSPS) is 14.9. The number of aromatic amines is 1. The number of carbonyl (C=O) groups is 3. The zero-order valence-corrected chi connectivity index (χ0v) is 18.7. The van der Waals surface area contributed by atoms with Gasteiger partial charge in [0.05, 0.1) is 11.5 Å². The molecule has 0 bridgehead atoms. The van der Waals surface area contributed by atoms with E-state index in [2.05, 4.69) is 10.3 Å². The summed E-state index contributed by atoms with van der Waals surface area (Å²) in [6.07, 6.45) is 1.90. The second-order valence-electron chi connectivity index (χ2n) is 7.58. The zero-order valence-electron chi connectivity index (χ0n) is 17.9. The standard InChI is InChI=1S/C23H26N4O4S/c1-2-31-23(30)27-11-9-26(10-12-27)22(29)19(25-21(28)20-8-5-13-32-20)14-16-15-24-18-7-4-3-6-17(16)18/h3-8,13,15,19,24H,2,9-12,14H2,1H3,(H,25,28)/t19-/m0/s1. The first-order valence-electron chi connectivity index (χ1n) is 10.7. The van der Waals surface area contributed by atoms with Crippen LogP contribution in [0.25, 0.3) is 10.9 Å². The minimum Gasteiger partial charge on any atom is -0.450 e. The Labute approximate surface area is 190 Å². The molecule has 1 fully saturated rings. The van der Waals surface area contributed by atoms with Crippen LogP contribution in [0.2, 0.25) is 0 Å². The van der Waals surface area contributed by atoms with Crippen LogP contribution in [-0.4, -0.2) is 71.5 Å². The lowest BCUT2D eigenvalue weighted by molar-refractivity contribution is -0.134. The fourth-order valence-electron chi connectivity index (χ4n) is 3.90. The van der Waals surface area contributed by atoms with Crippen LogP contribution in [0.4, 0.5) is 4.79 Å².